The van der Waals surface area contributed by atoms with E-state index in [1.54, 1.807) is 20.0 Å². The Balaban J connectivity index is 1.81. The lowest BCUT2D eigenvalue weighted by Gasteiger charge is -2.23. The lowest BCUT2D eigenvalue weighted by Crippen LogP contribution is -2.38. The summed E-state index contributed by atoms with van der Waals surface area (Å²) in [6.07, 6.45) is 0.461. The second-order valence-corrected chi connectivity index (χ2v) is 8.88. The van der Waals surface area contributed by atoms with Crippen molar-refractivity contribution < 1.29 is 13.2 Å². The van der Waals surface area contributed by atoms with E-state index in [-0.39, 0.29) is 29.1 Å². The number of carbonyl (C=O) groups is 1. The first-order valence-corrected chi connectivity index (χ1v) is 10.2. The molecule has 2 heterocycles. The Labute approximate surface area is 153 Å². The zero-order valence-corrected chi connectivity index (χ0v) is 15.9. The van der Waals surface area contributed by atoms with Crippen molar-refractivity contribution in [2.24, 2.45) is 0 Å². The second-order valence-electron chi connectivity index (χ2n) is 6.65. The molecule has 1 fully saturated rings. The summed E-state index contributed by atoms with van der Waals surface area (Å²) in [7, 11) is -1.43. The highest BCUT2D eigenvalue weighted by Crippen LogP contribution is 2.20. The van der Waals surface area contributed by atoms with Gasteiger partial charge in [-0.3, -0.25) is 4.79 Å². The normalized spacial score (nSPS) is 18.5. The van der Waals surface area contributed by atoms with Crippen LogP contribution in [0.2, 0.25) is 0 Å². The largest absolute Gasteiger partial charge is 0.340 e. The van der Waals surface area contributed by atoms with Gasteiger partial charge in [0.1, 0.15) is 17.3 Å². The van der Waals surface area contributed by atoms with Crippen LogP contribution in [0, 0.1) is 13.8 Å². The lowest BCUT2D eigenvalue weighted by molar-refractivity contribution is 0.0741. The highest BCUT2D eigenvalue weighted by atomic mass is 32.2. The molecular weight excluding hydrogens is 352 g/mol. The van der Waals surface area contributed by atoms with E-state index in [9.17, 15) is 13.2 Å². The Kier molecular flexibility index (Phi) is 4.95. The van der Waals surface area contributed by atoms with E-state index in [4.69, 9.17) is 0 Å². The van der Waals surface area contributed by atoms with Gasteiger partial charge in [0.05, 0.1) is 11.5 Å². The van der Waals surface area contributed by atoms with Gasteiger partial charge in [-0.15, -0.1) is 0 Å². The van der Waals surface area contributed by atoms with Crippen LogP contribution in [0.5, 0.6) is 0 Å². The molecule has 1 N–H and O–H groups in total. The molecule has 1 aliphatic heterocycles. The predicted octanol–water partition coefficient (Wildman–Crippen LogP) is 2.10. The van der Waals surface area contributed by atoms with E-state index in [0.717, 1.165) is 11.3 Å². The quantitative estimate of drug-likeness (QED) is 0.881. The van der Waals surface area contributed by atoms with E-state index in [2.05, 4.69) is 15.3 Å². The molecule has 1 saturated heterocycles. The third-order valence-electron chi connectivity index (χ3n) is 4.42. The molecule has 7 nitrogen and oxygen atoms in total. The van der Waals surface area contributed by atoms with Crippen molar-refractivity contribution in [1.29, 1.82) is 0 Å². The van der Waals surface area contributed by atoms with Crippen LogP contribution < -0.4 is 5.32 Å². The zero-order chi connectivity index (χ0) is 18.9. The van der Waals surface area contributed by atoms with Crippen molar-refractivity contribution in [2.75, 3.05) is 23.9 Å². The van der Waals surface area contributed by atoms with Gasteiger partial charge in [-0.25, -0.2) is 18.4 Å². The number of sulfone groups is 1. The number of nitrogens with one attached hydrogen (secondary N) is 1. The molecular formula is C18H22N4O3S. The minimum Gasteiger partial charge on any atom is -0.340 e. The van der Waals surface area contributed by atoms with Crippen LogP contribution in [0.4, 0.5) is 11.5 Å². The van der Waals surface area contributed by atoms with Gasteiger partial charge >= 0.3 is 0 Å². The maximum atomic E-state index is 12.8. The molecule has 1 unspecified atom stereocenters. The van der Waals surface area contributed by atoms with Crippen LogP contribution in [0.3, 0.4) is 0 Å². The molecule has 0 bridgehead atoms. The van der Waals surface area contributed by atoms with Crippen molar-refractivity contribution in [2.45, 2.75) is 26.3 Å². The van der Waals surface area contributed by atoms with Gasteiger partial charge in [-0.1, -0.05) is 12.1 Å². The zero-order valence-electron chi connectivity index (χ0n) is 15.1. The molecule has 26 heavy (non-hydrogen) atoms. The maximum absolute atomic E-state index is 12.8. The molecule has 0 spiro atoms. The first-order chi connectivity index (χ1) is 12.2. The van der Waals surface area contributed by atoms with Crippen molar-refractivity contribution in [3.63, 3.8) is 0 Å². The average Bonchev–Trinajstić information content (AvgIpc) is 2.93. The molecule has 0 radical (unpaired) electrons. The molecule has 1 aromatic carbocycles. The third-order valence-corrected chi connectivity index (χ3v) is 6.17. The molecule has 0 saturated carbocycles. The van der Waals surface area contributed by atoms with Crippen LogP contribution in [0.1, 0.15) is 28.3 Å². The molecule has 138 valence electrons. The first kappa shape index (κ1) is 18.3. The third kappa shape index (κ3) is 4.19. The summed E-state index contributed by atoms with van der Waals surface area (Å²) in [5, 5.41) is 3.18. The highest BCUT2D eigenvalue weighted by Gasteiger charge is 2.33. The molecule has 0 aliphatic carbocycles. The fraction of sp³-hybridized carbons (Fsp3) is 0.389. The summed E-state index contributed by atoms with van der Waals surface area (Å²) >= 11 is 0. The van der Waals surface area contributed by atoms with Crippen LogP contribution in [0.15, 0.2) is 30.3 Å². The fourth-order valence-electron chi connectivity index (χ4n) is 3.04. The summed E-state index contributed by atoms with van der Waals surface area (Å²) in [6, 6.07) is 9.12. The lowest BCUT2D eigenvalue weighted by atomic mass is 10.2. The maximum Gasteiger partial charge on any atom is 0.272 e. The average molecular weight is 374 g/mol. The Bertz CT molecular complexity index is 943. The molecule has 2 aromatic rings. The van der Waals surface area contributed by atoms with Crippen molar-refractivity contribution in [3.8, 4) is 0 Å². The number of hydrogen-bond donors (Lipinski definition) is 1. The van der Waals surface area contributed by atoms with Crippen molar-refractivity contribution >= 4 is 27.2 Å². The number of rotatable bonds is 4. The number of amides is 1. The standard InChI is InChI=1S/C18H22N4O3S/c1-12-5-4-6-14(9-12)21-17-10-16(19-13(2)20-17)18(23)22(3)15-7-8-26(24,25)11-15/h4-6,9-10,15H,7-8,11H2,1-3H3,(H,19,20,21). The van der Waals surface area contributed by atoms with Gasteiger partial charge in [0.2, 0.25) is 0 Å². The highest BCUT2D eigenvalue weighted by molar-refractivity contribution is 7.91. The molecule has 1 amide bonds. The van der Waals surface area contributed by atoms with Crippen LogP contribution >= 0.6 is 0 Å². The van der Waals surface area contributed by atoms with E-state index < -0.39 is 9.84 Å². The van der Waals surface area contributed by atoms with Gasteiger partial charge in [-0.2, -0.15) is 0 Å². The van der Waals surface area contributed by atoms with Crippen molar-refractivity contribution in [1.82, 2.24) is 14.9 Å². The van der Waals surface area contributed by atoms with E-state index >= 15 is 0 Å². The number of benzene rings is 1. The molecule has 3 rings (SSSR count). The molecule has 1 aliphatic rings. The molecule has 1 aromatic heterocycles. The van der Waals surface area contributed by atoms with Gasteiger partial charge in [0.15, 0.2) is 9.84 Å². The van der Waals surface area contributed by atoms with E-state index in [0.29, 0.717) is 18.1 Å². The molecule has 8 heteroatoms. The topological polar surface area (TPSA) is 92.3 Å². The predicted molar refractivity (Wildman–Crippen MR) is 100 cm³/mol. The number of aryl methyl sites for hydroxylation is 2. The van der Waals surface area contributed by atoms with Gasteiger partial charge in [-0.05, 0) is 38.0 Å². The SMILES string of the molecule is Cc1cccc(Nc2cc(C(=O)N(C)C3CCS(=O)(=O)C3)nc(C)n2)c1. The number of hydrogen-bond acceptors (Lipinski definition) is 6. The van der Waals surface area contributed by atoms with Crippen LogP contribution in [0.25, 0.3) is 0 Å². The Hall–Kier alpha value is -2.48. The smallest absolute Gasteiger partial charge is 0.272 e. The van der Waals surface area contributed by atoms with Crippen LogP contribution in [-0.4, -0.2) is 53.8 Å². The Morgan fingerprint density at radius 2 is 2.00 bits per heavy atom. The number of anilines is 2. The van der Waals surface area contributed by atoms with Gasteiger partial charge in [0.25, 0.3) is 5.91 Å². The number of carbonyl (C=O) groups excluding carboxylic acids is 1. The molecule has 1 atom stereocenters. The first-order valence-electron chi connectivity index (χ1n) is 8.40. The monoisotopic (exact) mass is 374 g/mol. The minimum atomic E-state index is -3.06. The Morgan fingerprint density at radius 1 is 1.23 bits per heavy atom. The number of nitrogens with zero attached hydrogens (tertiary/aromatic N) is 3. The van der Waals surface area contributed by atoms with Gasteiger partial charge < -0.3 is 10.2 Å². The summed E-state index contributed by atoms with van der Waals surface area (Å²) < 4.78 is 23.3. The summed E-state index contributed by atoms with van der Waals surface area (Å²) in [6.45, 7) is 3.72. The summed E-state index contributed by atoms with van der Waals surface area (Å²) in [5.74, 6) is 0.827. The van der Waals surface area contributed by atoms with Crippen LogP contribution in [-0.2, 0) is 9.84 Å². The van der Waals surface area contributed by atoms with E-state index in [1.165, 1.54) is 4.90 Å². The fourth-order valence-corrected chi connectivity index (χ4v) is 4.81. The summed E-state index contributed by atoms with van der Waals surface area (Å²) in [5.41, 5.74) is 2.23. The van der Waals surface area contributed by atoms with Crippen molar-refractivity contribution in [3.05, 3.63) is 47.4 Å². The second kappa shape index (κ2) is 7.03. The summed E-state index contributed by atoms with van der Waals surface area (Å²) in [4.78, 5) is 22.8. The van der Waals surface area contributed by atoms with Gasteiger partial charge in [0, 0.05) is 24.8 Å². The minimum absolute atomic E-state index is 0.00764. The van der Waals surface area contributed by atoms with E-state index in [1.807, 2.05) is 31.2 Å². The Morgan fingerprint density at radius 3 is 2.65 bits per heavy atom. The number of aromatic nitrogens is 2.